The van der Waals surface area contributed by atoms with Crippen LogP contribution in [-0.4, -0.2) is 16.5 Å². The van der Waals surface area contributed by atoms with Gasteiger partial charge in [-0.2, -0.15) is 15.5 Å². The van der Waals surface area contributed by atoms with Crippen molar-refractivity contribution in [2.45, 2.75) is 0 Å². The van der Waals surface area contributed by atoms with E-state index in [9.17, 15) is 0 Å². The van der Waals surface area contributed by atoms with Crippen molar-refractivity contribution >= 4 is 17.4 Å². The van der Waals surface area contributed by atoms with Gasteiger partial charge in [-0.05, 0) is 11.6 Å². The largest absolute Gasteiger partial charge is 0.356 e. The molecule has 1 aromatic rings. The number of anilines is 1. The van der Waals surface area contributed by atoms with Crippen molar-refractivity contribution < 1.29 is 0 Å². The van der Waals surface area contributed by atoms with Gasteiger partial charge in [0.1, 0.15) is 24.0 Å². The minimum absolute atomic E-state index is 0.0411. The van der Waals surface area contributed by atoms with E-state index in [2.05, 4.69) is 15.3 Å². The van der Waals surface area contributed by atoms with Crippen molar-refractivity contribution in [3.05, 3.63) is 17.0 Å². The van der Waals surface area contributed by atoms with E-state index in [0.29, 0.717) is 0 Å². The Morgan fingerprint density at radius 2 is 2.31 bits per heavy atom. The number of aromatic nitrogens is 2. The zero-order chi connectivity index (χ0) is 9.68. The third kappa shape index (κ3) is 2.29. The van der Waals surface area contributed by atoms with Crippen LogP contribution < -0.4 is 5.32 Å². The lowest BCUT2D eigenvalue weighted by molar-refractivity contribution is 1.13. The lowest BCUT2D eigenvalue weighted by atomic mass is 10.3. The number of nitrogens with zero attached hydrogens (tertiary/aromatic N) is 4. The minimum Gasteiger partial charge on any atom is -0.356 e. The number of hydrogen-bond acceptors (Lipinski definition) is 5. The maximum absolute atomic E-state index is 8.61. The van der Waals surface area contributed by atoms with Crippen molar-refractivity contribution in [1.29, 1.82) is 10.5 Å². The molecule has 0 bridgehead atoms. The Hall–Kier alpha value is -1.85. The quantitative estimate of drug-likeness (QED) is 0.558. The molecule has 1 aromatic heterocycles. The summed E-state index contributed by atoms with van der Waals surface area (Å²) in [6.45, 7) is 0.0715. The molecule has 64 valence electrons. The van der Waals surface area contributed by atoms with E-state index in [0.717, 1.165) is 0 Å². The standard InChI is InChI=1S/C7H4ClN5/c8-7-12-4-5(3-10)6(13-7)11-2-1-9/h4H,2H2,(H,11,12,13). The van der Waals surface area contributed by atoms with Crippen LogP contribution in [0.2, 0.25) is 5.28 Å². The van der Waals surface area contributed by atoms with Crippen molar-refractivity contribution in [2.24, 2.45) is 0 Å². The summed E-state index contributed by atoms with van der Waals surface area (Å²) >= 11 is 5.50. The van der Waals surface area contributed by atoms with Crippen molar-refractivity contribution in [3.8, 4) is 12.1 Å². The molecule has 1 rings (SSSR count). The molecule has 0 saturated carbocycles. The van der Waals surface area contributed by atoms with Gasteiger partial charge in [-0.3, -0.25) is 0 Å². The fraction of sp³-hybridized carbons (Fsp3) is 0.143. The van der Waals surface area contributed by atoms with Crippen LogP contribution in [0.1, 0.15) is 5.56 Å². The van der Waals surface area contributed by atoms with Gasteiger partial charge in [0.15, 0.2) is 0 Å². The lowest BCUT2D eigenvalue weighted by Crippen LogP contribution is -2.03. The van der Waals surface area contributed by atoms with Gasteiger partial charge in [-0.15, -0.1) is 0 Å². The molecule has 0 spiro atoms. The topological polar surface area (TPSA) is 85.4 Å². The van der Waals surface area contributed by atoms with Gasteiger partial charge in [0, 0.05) is 0 Å². The highest BCUT2D eigenvalue weighted by atomic mass is 35.5. The molecular formula is C7H4ClN5. The fourth-order valence-corrected chi connectivity index (χ4v) is 0.833. The third-order valence-electron chi connectivity index (χ3n) is 1.21. The van der Waals surface area contributed by atoms with Crippen LogP contribution in [0.3, 0.4) is 0 Å². The van der Waals surface area contributed by atoms with Gasteiger partial charge in [0.25, 0.3) is 0 Å². The number of halogens is 1. The molecule has 6 heteroatoms. The molecule has 0 fully saturated rings. The predicted molar refractivity (Wildman–Crippen MR) is 45.9 cm³/mol. The Morgan fingerprint density at radius 3 is 2.92 bits per heavy atom. The van der Waals surface area contributed by atoms with Gasteiger partial charge >= 0.3 is 0 Å². The molecule has 13 heavy (non-hydrogen) atoms. The van der Waals surface area contributed by atoms with E-state index in [1.54, 1.807) is 0 Å². The first-order valence-electron chi connectivity index (χ1n) is 3.31. The highest BCUT2D eigenvalue weighted by Gasteiger charge is 2.03. The lowest BCUT2D eigenvalue weighted by Gasteiger charge is -2.01. The first-order valence-corrected chi connectivity index (χ1v) is 3.69. The van der Waals surface area contributed by atoms with Crippen LogP contribution in [0.15, 0.2) is 6.20 Å². The molecule has 0 aliphatic rings. The summed E-state index contributed by atoms with van der Waals surface area (Å²) in [5.41, 5.74) is 0.264. The third-order valence-corrected chi connectivity index (χ3v) is 1.40. The Bertz CT molecular complexity index is 389. The first-order chi connectivity index (χ1) is 6.27. The van der Waals surface area contributed by atoms with Gasteiger partial charge < -0.3 is 5.32 Å². The molecule has 0 radical (unpaired) electrons. The number of nitriles is 2. The van der Waals surface area contributed by atoms with Gasteiger partial charge in [0.2, 0.25) is 5.28 Å². The summed E-state index contributed by atoms with van der Waals surface area (Å²) in [5, 5.41) is 19.6. The van der Waals surface area contributed by atoms with Crippen LogP contribution in [0, 0.1) is 22.7 Å². The second kappa shape index (κ2) is 4.24. The summed E-state index contributed by atoms with van der Waals surface area (Å²) in [7, 11) is 0. The monoisotopic (exact) mass is 193 g/mol. The highest BCUT2D eigenvalue weighted by Crippen LogP contribution is 2.11. The van der Waals surface area contributed by atoms with E-state index >= 15 is 0 Å². The second-order valence-corrected chi connectivity index (χ2v) is 2.36. The van der Waals surface area contributed by atoms with Gasteiger partial charge in [0.05, 0.1) is 12.3 Å². The fourth-order valence-electron chi connectivity index (χ4n) is 0.700. The minimum atomic E-state index is 0.0411. The zero-order valence-corrected chi connectivity index (χ0v) is 7.21. The van der Waals surface area contributed by atoms with Crippen LogP contribution >= 0.6 is 11.6 Å². The van der Waals surface area contributed by atoms with Crippen LogP contribution in [0.5, 0.6) is 0 Å². The van der Waals surface area contributed by atoms with Crippen LogP contribution in [0.4, 0.5) is 5.82 Å². The normalized spacial score (nSPS) is 8.54. The van der Waals surface area contributed by atoms with Crippen molar-refractivity contribution in [3.63, 3.8) is 0 Å². The van der Waals surface area contributed by atoms with E-state index in [4.69, 9.17) is 22.1 Å². The average molecular weight is 194 g/mol. The van der Waals surface area contributed by atoms with E-state index in [1.807, 2.05) is 12.1 Å². The Labute approximate surface area is 79.6 Å². The summed E-state index contributed by atoms with van der Waals surface area (Å²) in [6, 6.07) is 3.74. The summed E-state index contributed by atoms with van der Waals surface area (Å²) < 4.78 is 0. The molecule has 0 atom stereocenters. The van der Waals surface area contributed by atoms with E-state index in [1.165, 1.54) is 6.20 Å². The Kier molecular flexibility index (Phi) is 3.02. The van der Waals surface area contributed by atoms with Crippen LogP contribution in [0.25, 0.3) is 0 Å². The Balaban J connectivity index is 2.97. The molecule has 1 N–H and O–H groups in total. The van der Waals surface area contributed by atoms with Gasteiger partial charge in [-0.25, -0.2) is 4.98 Å². The molecule has 5 nitrogen and oxygen atoms in total. The number of hydrogen-bond donors (Lipinski definition) is 1. The van der Waals surface area contributed by atoms with E-state index < -0.39 is 0 Å². The molecule has 0 aliphatic carbocycles. The number of nitrogens with one attached hydrogen (secondary N) is 1. The predicted octanol–water partition coefficient (Wildman–Crippen LogP) is 0.937. The molecule has 1 heterocycles. The zero-order valence-electron chi connectivity index (χ0n) is 6.45. The first kappa shape index (κ1) is 9.24. The maximum Gasteiger partial charge on any atom is 0.224 e. The summed E-state index contributed by atoms with van der Waals surface area (Å²) in [4.78, 5) is 7.38. The van der Waals surface area contributed by atoms with E-state index in [-0.39, 0.29) is 23.2 Å². The van der Waals surface area contributed by atoms with Crippen molar-refractivity contribution in [2.75, 3.05) is 11.9 Å². The smallest absolute Gasteiger partial charge is 0.224 e. The molecule has 0 amide bonds. The average Bonchev–Trinajstić information content (AvgIpc) is 2.15. The summed E-state index contributed by atoms with van der Waals surface area (Å²) in [5.74, 6) is 0.282. The van der Waals surface area contributed by atoms with Crippen LogP contribution in [-0.2, 0) is 0 Å². The number of rotatable bonds is 2. The SMILES string of the molecule is N#CCNc1nc(Cl)ncc1C#N. The molecule has 0 unspecified atom stereocenters. The Morgan fingerprint density at radius 1 is 1.54 bits per heavy atom. The molecule has 0 aromatic carbocycles. The second-order valence-electron chi connectivity index (χ2n) is 2.02. The molecular weight excluding hydrogens is 190 g/mol. The summed E-state index contributed by atoms with van der Waals surface area (Å²) in [6.07, 6.45) is 1.30. The maximum atomic E-state index is 8.61. The molecule has 0 saturated heterocycles. The highest BCUT2D eigenvalue weighted by molar-refractivity contribution is 6.28. The van der Waals surface area contributed by atoms with Gasteiger partial charge in [-0.1, -0.05) is 0 Å². The van der Waals surface area contributed by atoms with Crippen molar-refractivity contribution in [1.82, 2.24) is 9.97 Å². The molecule has 0 aliphatic heterocycles.